The molecule has 0 N–H and O–H groups in total. The van der Waals surface area contributed by atoms with Crippen LogP contribution >= 0.6 is 0 Å². The molecule has 0 saturated carbocycles. The van der Waals surface area contributed by atoms with E-state index in [-0.39, 0.29) is 5.97 Å². The maximum absolute atomic E-state index is 12.8. The van der Waals surface area contributed by atoms with Crippen molar-refractivity contribution >= 4 is 24.1 Å². The second kappa shape index (κ2) is 23.5. The molecule has 3 aromatic carbocycles. The fourth-order valence-corrected chi connectivity index (χ4v) is 5.42. The van der Waals surface area contributed by atoms with Crippen molar-refractivity contribution < 1.29 is 28.5 Å². The van der Waals surface area contributed by atoms with Crippen LogP contribution in [0.5, 0.6) is 17.2 Å². The molecule has 49 heavy (non-hydrogen) atoms. The van der Waals surface area contributed by atoms with Gasteiger partial charge in [-0.05, 0) is 85.8 Å². The Hall–Kier alpha value is -3.90. The lowest BCUT2D eigenvalue weighted by atomic mass is 10.1. The Balaban J connectivity index is 1.37. The van der Waals surface area contributed by atoms with Crippen molar-refractivity contribution in [1.29, 1.82) is 0 Å². The summed E-state index contributed by atoms with van der Waals surface area (Å²) in [5.41, 5.74) is 3.33. The number of hydrogen-bond donors (Lipinski definition) is 0. The van der Waals surface area contributed by atoms with Crippen LogP contribution in [0.4, 0.5) is 0 Å². The number of aryl methyl sites for hydroxylation is 1. The van der Waals surface area contributed by atoms with Gasteiger partial charge in [0.15, 0.2) is 6.10 Å². The van der Waals surface area contributed by atoms with Crippen LogP contribution in [-0.2, 0) is 9.53 Å². The lowest BCUT2D eigenvalue weighted by molar-refractivity contribution is -0.146. The van der Waals surface area contributed by atoms with Crippen LogP contribution in [0.15, 0.2) is 66.7 Å². The van der Waals surface area contributed by atoms with Gasteiger partial charge in [0, 0.05) is 6.61 Å². The smallest absolute Gasteiger partial charge is 0.343 e. The Kier molecular flexibility index (Phi) is 18.9. The van der Waals surface area contributed by atoms with Gasteiger partial charge in [-0.3, -0.25) is 0 Å². The standard InChI is InChI=1S/C43H58O6/c1-5-7-9-11-13-14-16-17-31-46-35(4)42(44)48-39-26-21-36(22-27-39)19-20-37-23-28-40(29-24-37)49-43(45)38-25-30-41(34(3)33-38)47-32-18-15-12-10-8-6-2/h19-30,33,35H,5-18,31-32H2,1-4H3/b20-19+. The first-order chi connectivity index (χ1) is 23.9. The van der Waals surface area contributed by atoms with Crippen LogP contribution in [0.2, 0.25) is 0 Å². The molecule has 1 atom stereocenters. The predicted octanol–water partition coefficient (Wildman–Crippen LogP) is 11.6. The van der Waals surface area contributed by atoms with E-state index in [1.807, 2.05) is 55.5 Å². The average molecular weight is 671 g/mol. The van der Waals surface area contributed by atoms with Crippen LogP contribution in [0, 0.1) is 6.92 Å². The van der Waals surface area contributed by atoms with E-state index < -0.39 is 12.1 Å². The van der Waals surface area contributed by atoms with E-state index in [1.54, 1.807) is 37.3 Å². The zero-order valence-electron chi connectivity index (χ0n) is 30.3. The molecule has 6 heteroatoms. The summed E-state index contributed by atoms with van der Waals surface area (Å²) < 4.78 is 22.8. The van der Waals surface area contributed by atoms with Crippen molar-refractivity contribution in [3.05, 3.63) is 89.0 Å². The van der Waals surface area contributed by atoms with Crippen molar-refractivity contribution in [1.82, 2.24) is 0 Å². The number of rotatable bonds is 24. The summed E-state index contributed by atoms with van der Waals surface area (Å²) in [4.78, 5) is 25.2. The molecule has 266 valence electrons. The first-order valence-electron chi connectivity index (χ1n) is 18.6. The molecule has 0 amide bonds. The lowest BCUT2D eigenvalue weighted by Gasteiger charge is -2.12. The lowest BCUT2D eigenvalue weighted by Crippen LogP contribution is -2.26. The molecule has 0 radical (unpaired) electrons. The van der Waals surface area contributed by atoms with Crippen molar-refractivity contribution in [3.8, 4) is 17.2 Å². The van der Waals surface area contributed by atoms with Gasteiger partial charge in [-0.15, -0.1) is 0 Å². The van der Waals surface area contributed by atoms with Gasteiger partial charge < -0.3 is 18.9 Å². The first-order valence-corrected chi connectivity index (χ1v) is 18.6. The molecule has 0 aliphatic carbocycles. The quantitative estimate of drug-likeness (QED) is 0.0409. The fraction of sp³-hybridized carbons (Fsp3) is 0.488. The Morgan fingerprint density at radius 1 is 0.612 bits per heavy atom. The van der Waals surface area contributed by atoms with Crippen molar-refractivity contribution in [3.63, 3.8) is 0 Å². The second-order valence-corrected chi connectivity index (χ2v) is 12.9. The Labute approximate surface area is 295 Å². The number of carbonyl (C=O) groups excluding carboxylic acids is 2. The third-order valence-electron chi connectivity index (χ3n) is 8.52. The predicted molar refractivity (Wildman–Crippen MR) is 200 cm³/mol. The highest BCUT2D eigenvalue weighted by Gasteiger charge is 2.16. The third kappa shape index (κ3) is 15.9. The van der Waals surface area contributed by atoms with Crippen LogP contribution in [0.25, 0.3) is 12.2 Å². The van der Waals surface area contributed by atoms with Gasteiger partial charge in [0.2, 0.25) is 0 Å². The molecule has 0 aromatic heterocycles. The van der Waals surface area contributed by atoms with E-state index in [2.05, 4.69) is 13.8 Å². The van der Waals surface area contributed by atoms with E-state index >= 15 is 0 Å². The van der Waals surface area contributed by atoms with E-state index in [0.717, 1.165) is 41.7 Å². The minimum Gasteiger partial charge on any atom is -0.493 e. The largest absolute Gasteiger partial charge is 0.493 e. The summed E-state index contributed by atoms with van der Waals surface area (Å²) >= 11 is 0. The van der Waals surface area contributed by atoms with Gasteiger partial charge in [0.05, 0.1) is 12.2 Å². The van der Waals surface area contributed by atoms with Gasteiger partial charge in [0.25, 0.3) is 0 Å². The monoisotopic (exact) mass is 670 g/mol. The third-order valence-corrected chi connectivity index (χ3v) is 8.52. The molecule has 0 saturated heterocycles. The summed E-state index contributed by atoms with van der Waals surface area (Å²) in [5.74, 6) is 0.982. The molecule has 0 heterocycles. The summed E-state index contributed by atoms with van der Waals surface area (Å²) in [6.45, 7) is 9.40. The Bertz CT molecular complexity index is 1390. The number of esters is 2. The molecule has 0 aliphatic heterocycles. The fourth-order valence-electron chi connectivity index (χ4n) is 5.42. The number of benzene rings is 3. The van der Waals surface area contributed by atoms with E-state index in [1.165, 1.54) is 70.6 Å². The molecule has 3 rings (SSSR count). The number of carbonyl (C=O) groups is 2. The molecule has 0 bridgehead atoms. The molecular formula is C43H58O6. The van der Waals surface area contributed by atoms with Gasteiger partial charge >= 0.3 is 11.9 Å². The summed E-state index contributed by atoms with van der Waals surface area (Å²) in [6.07, 6.45) is 20.5. The zero-order valence-corrected chi connectivity index (χ0v) is 30.3. The Morgan fingerprint density at radius 3 is 1.63 bits per heavy atom. The molecule has 3 aromatic rings. The van der Waals surface area contributed by atoms with Gasteiger partial charge in [0.1, 0.15) is 17.2 Å². The number of ether oxygens (including phenoxy) is 4. The van der Waals surface area contributed by atoms with Crippen LogP contribution in [-0.4, -0.2) is 31.3 Å². The van der Waals surface area contributed by atoms with Crippen molar-refractivity contribution in [2.75, 3.05) is 13.2 Å². The maximum atomic E-state index is 12.8. The van der Waals surface area contributed by atoms with Gasteiger partial charge in [-0.25, -0.2) is 9.59 Å². The van der Waals surface area contributed by atoms with Crippen LogP contribution < -0.4 is 14.2 Å². The minimum absolute atomic E-state index is 0.386. The maximum Gasteiger partial charge on any atom is 0.343 e. The van der Waals surface area contributed by atoms with E-state index in [9.17, 15) is 9.59 Å². The van der Waals surface area contributed by atoms with Crippen molar-refractivity contribution in [2.24, 2.45) is 0 Å². The summed E-state index contributed by atoms with van der Waals surface area (Å²) in [7, 11) is 0. The average Bonchev–Trinajstić information content (AvgIpc) is 3.11. The Morgan fingerprint density at radius 2 is 1.10 bits per heavy atom. The molecular weight excluding hydrogens is 612 g/mol. The highest BCUT2D eigenvalue weighted by atomic mass is 16.6. The molecule has 0 aliphatic rings. The van der Waals surface area contributed by atoms with Crippen molar-refractivity contribution in [2.45, 2.75) is 124 Å². The normalized spacial score (nSPS) is 11.8. The molecule has 1 unspecified atom stereocenters. The highest BCUT2D eigenvalue weighted by Crippen LogP contribution is 2.22. The van der Waals surface area contributed by atoms with E-state index in [4.69, 9.17) is 18.9 Å². The number of hydrogen-bond acceptors (Lipinski definition) is 6. The first kappa shape index (κ1) is 39.5. The summed E-state index contributed by atoms with van der Waals surface area (Å²) in [5, 5.41) is 0. The van der Waals surface area contributed by atoms with E-state index in [0.29, 0.717) is 30.3 Å². The molecule has 0 spiro atoms. The highest BCUT2D eigenvalue weighted by molar-refractivity contribution is 5.91. The molecule has 0 fully saturated rings. The van der Waals surface area contributed by atoms with Gasteiger partial charge in [-0.1, -0.05) is 127 Å². The van der Waals surface area contributed by atoms with Crippen LogP contribution in [0.3, 0.4) is 0 Å². The zero-order chi connectivity index (χ0) is 35.1. The van der Waals surface area contributed by atoms with Crippen LogP contribution in [0.1, 0.15) is 138 Å². The minimum atomic E-state index is -0.602. The second-order valence-electron chi connectivity index (χ2n) is 12.9. The molecule has 6 nitrogen and oxygen atoms in total. The summed E-state index contributed by atoms with van der Waals surface area (Å²) in [6, 6.07) is 20.1. The van der Waals surface area contributed by atoms with Gasteiger partial charge in [-0.2, -0.15) is 0 Å². The topological polar surface area (TPSA) is 71.1 Å². The SMILES string of the molecule is CCCCCCCCCCOC(C)C(=O)Oc1ccc(/C=C/c2ccc(OC(=O)c3ccc(OCCCCCCCC)c(C)c3)cc2)cc1. The number of unbranched alkanes of at least 4 members (excludes halogenated alkanes) is 12.